The highest BCUT2D eigenvalue weighted by Gasteiger charge is 2.19. The SMILES string of the molecule is CCn1c(=O)n(CCCO)c(=O)c2c1[nH]c(=O)n2Cc1ccc(Cl)cc1. The summed E-state index contributed by atoms with van der Waals surface area (Å²) in [5.74, 6) is 0. The molecule has 0 aliphatic rings. The molecule has 0 aliphatic carbocycles. The fraction of sp³-hybridized carbons (Fsp3) is 0.353. The first-order valence-corrected chi connectivity index (χ1v) is 8.67. The van der Waals surface area contributed by atoms with E-state index >= 15 is 0 Å². The standard InChI is InChI=1S/C17H19ClN4O4/c1-2-20-14-13(15(24)21(17(20)26)8-3-9-23)22(16(25)19-14)10-11-4-6-12(18)7-5-11/h4-7,23H,2-3,8-10H2,1H3,(H,19,25). The number of aliphatic hydroxyl groups is 1. The summed E-state index contributed by atoms with van der Waals surface area (Å²) >= 11 is 5.88. The molecule has 1 aromatic carbocycles. The van der Waals surface area contributed by atoms with Crippen LogP contribution in [-0.4, -0.2) is 30.4 Å². The normalized spacial score (nSPS) is 11.3. The van der Waals surface area contributed by atoms with E-state index in [1.54, 1.807) is 31.2 Å². The van der Waals surface area contributed by atoms with Crippen molar-refractivity contribution in [3.63, 3.8) is 0 Å². The Kier molecular flexibility index (Phi) is 5.15. The van der Waals surface area contributed by atoms with E-state index < -0.39 is 16.9 Å². The number of benzene rings is 1. The molecule has 0 amide bonds. The molecule has 2 N–H and O–H groups in total. The number of aromatic nitrogens is 4. The van der Waals surface area contributed by atoms with Crippen LogP contribution in [-0.2, 0) is 19.6 Å². The number of hydrogen-bond donors (Lipinski definition) is 2. The molecule has 26 heavy (non-hydrogen) atoms. The molecule has 0 saturated heterocycles. The highest BCUT2D eigenvalue weighted by molar-refractivity contribution is 6.30. The van der Waals surface area contributed by atoms with E-state index in [1.807, 2.05) is 0 Å². The molecular formula is C17H19ClN4O4. The van der Waals surface area contributed by atoms with Gasteiger partial charge in [-0.05, 0) is 31.0 Å². The summed E-state index contributed by atoms with van der Waals surface area (Å²) in [6, 6.07) is 6.96. The first-order chi connectivity index (χ1) is 12.5. The maximum absolute atomic E-state index is 12.9. The molecule has 8 nitrogen and oxygen atoms in total. The van der Waals surface area contributed by atoms with Crippen molar-refractivity contribution in [2.24, 2.45) is 0 Å². The third-order valence-corrected chi connectivity index (χ3v) is 4.51. The van der Waals surface area contributed by atoms with Crippen LogP contribution in [0.25, 0.3) is 11.2 Å². The molecular weight excluding hydrogens is 360 g/mol. The number of H-pyrrole nitrogens is 1. The number of imidazole rings is 1. The van der Waals surface area contributed by atoms with Crippen LogP contribution in [0.3, 0.4) is 0 Å². The molecule has 0 saturated carbocycles. The quantitative estimate of drug-likeness (QED) is 0.661. The Morgan fingerprint density at radius 2 is 1.77 bits per heavy atom. The molecule has 0 atom stereocenters. The van der Waals surface area contributed by atoms with Crippen LogP contribution in [0.4, 0.5) is 0 Å². The van der Waals surface area contributed by atoms with Crippen molar-refractivity contribution in [1.82, 2.24) is 18.7 Å². The number of fused-ring (bicyclic) bond motifs is 1. The Hall–Kier alpha value is -2.58. The smallest absolute Gasteiger partial charge is 0.332 e. The zero-order chi connectivity index (χ0) is 18.8. The minimum Gasteiger partial charge on any atom is -0.396 e. The van der Waals surface area contributed by atoms with Gasteiger partial charge < -0.3 is 5.11 Å². The van der Waals surface area contributed by atoms with Crippen molar-refractivity contribution in [1.29, 1.82) is 0 Å². The van der Waals surface area contributed by atoms with E-state index in [2.05, 4.69) is 4.98 Å². The second-order valence-corrected chi connectivity index (χ2v) is 6.34. The zero-order valence-corrected chi connectivity index (χ0v) is 15.0. The van der Waals surface area contributed by atoms with Gasteiger partial charge in [-0.1, -0.05) is 23.7 Å². The lowest BCUT2D eigenvalue weighted by molar-refractivity contribution is 0.277. The summed E-state index contributed by atoms with van der Waals surface area (Å²) in [6.07, 6.45) is 0.274. The molecule has 3 aromatic rings. The first-order valence-electron chi connectivity index (χ1n) is 8.29. The van der Waals surface area contributed by atoms with Crippen LogP contribution in [0, 0.1) is 0 Å². The Morgan fingerprint density at radius 3 is 2.38 bits per heavy atom. The monoisotopic (exact) mass is 378 g/mol. The summed E-state index contributed by atoms with van der Waals surface area (Å²) in [5, 5.41) is 9.60. The lowest BCUT2D eigenvalue weighted by Crippen LogP contribution is -2.40. The Balaban J connectivity index is 2.25. The van der Waals surface area contributed by atoms with Gasteiger partial charge in [-0.15, -0.1) is 0 Å². The van der Waals surface area contributed by atoms with Crippen molar-refractivity contribution in [3.8, 4) is 0 Å². The van der Waals surface area contributed by atoms with Crippen molar-refractivity contribution in [3.05, 3.63) is 66.2 Å². The maximum atomic E-state index is 12.9. The minimum absolute atomic E-state index is 0.0877. The van der Waals surface area contributed by atoms with E-state index in [0.717, 1.165) is 10.1 Å². The average Bonchev–Trinajstić information content (AvgIpc) is 2.93. The third-order valence-electron chi connectivity index (χ3n) is 4.25. The Morgan fingerprint density at radius 1 is 1.08 bits per heavy atom. The summed E-state index contributed by atoms with van der Waals surface area (Å²) < 4.78 is 3.74. The number of nitrogens with zero attached hydrogens (tertiary/aromatic N) is 3. The van der Waals surface area contributed by atoms with Crippen molar-refractivity contribution >= 4 is 22.8 Å². The lowest BCUT2D eigenvalue weighted by atomic mass is 10.2. The van der Waals surface area contributed by atoms with Gasteiger partial charge in [0.2, 0.25) is 0 Å². The van der Waals surface area contributed by atoms with Crippen LogP contribution in [0.15, 0.2) is 38.6 Å². The number of hydrogen-bond acceptors (Lipinski definition) is 4. The zero-order valence-electron chi connectivity index (χ0n) is 14.2. The molecule has 0 spiro atoms. The van der Waals surface area contributed by atoms with Crippen LogP contribution < -0.4 is 16.9 Å². The van der Waals surface area contributed by atoms with Crippen LogP contribution in [0.5, 0.6) is 0 Å². The van der Waals surface area contributed by atoms with Gasteiger partial charge in [0.15, 0.2) is 5.52 Å². The Bertz CT molecular complexity index is 1110. The van der Waals surface area contributed by atoms with Crippen molar-refractivity contribution in [2.75, 3.05) is 6.61 Å². The fourth-order valence-electron chi connectivity index (χ4n) is 2.97. The molecule has 9 heteroatoms. The second kappa shape index (κ2) is 7.35. The van der Waals surface area contributed by atoms with Gasteiger partial charge in [-0.2, -0.15) is 0 Å². The van der Waals surface area contributed by atoms with Gasteiger partial charge in [0.1, 0.15) is 5.65 Å². The number of aliphatic hydroxyl groups excluding tert-OH is 1. The van der Waals surface area contributed by atoms with Gasteiger partial charge in [-0.25, -0.2) is 9.59 Å². The van der Waals surface area contributed by atoms with Gasteiger partial charge in [0.25, 0.3) is 5.56 Å². The molecule has 138 valence electrons. The van der Waals surface area contributed by atoms with Crippen molar-refractivity contribution < 1.29 is 5.11 Å². The largest absolute Gasteiger partial charge is 0.396 e. The summed E-state index contributed by atoms with van der Waals surface area (Å²) in [7, 11) is 0. The predicted molar refractivity (Wildman–Crippen MR) is 99.0 cm³/mol. The third kappa shape index (κ3) is 3.13. The number of aromatic amines is 1. The number of aryl methyl sites for hydroxylation is 1. The second-order valence-electron chi connectivity index (χ2n) is 5.90. The molecule has 3 rings (SSSR count). The summed E-state index contributed by atoms with van der Waals surface area (Å²) in [4.78, 5) is 40.5. The van der Waals surface area contributed by atoms with E-state index in [9.17, 15) is 14.4 Å². The molecule has 0 fully saturated rings. The van der Waals surface area contributed by atoms with Gasteiger partial charge in [0.05, 0.1) is 6.54 Å². The molecule has 0 radical (unpaired) electrons. The van der Waals surface area contributed by atoms with E-state index in [4.69, 9.17) is 16.7 Å². The average molecular weight is 379 g/mol. The highest BCUT2D eigenvalue weighted by Crippen LogP contribution is 2.12. The number of halogens is 1. The Labute approximate surface area is 152 Å². The lowest BCUT2D eigenvalue weighted by Gasteiger charge is -2.11. The van der Waals surface area contributed by atoms with Gasteiger partial charge >= 0.3 is 11.4 Å². The highest BCUT2D eigenvalue weighted by atomic mass is 35.5. The summed E-state index contributed by atoms with van der Waals surface area (Å²) in [5.41, 5.74) is -0.360. The van der Waals surface area contributed by atoms with Crippen LogP contribution in [0.2, 0.25) is 5.02 Å². The number of rotatable bonds is 6. The van der Waals surface area contributed by atoms with Crippen molar-refractivity contribution in [2.45, 2.75) is 33.0 Å². The molecule has 0 aliphatic heterocycles. The predicted octanol–water partition coefficient (Wildman–Crippen LogP) is 0.757. The number of nitrogens with one attached hydrogen (secondary N) is 1. The van der Waals surface area contributed by atoms with E-state index in [0.29, 0.717) is 11.6 Å². The molecule has 2 aromatic heterocycles. The topological polar surface area (TPSA) is 102 Å². The van der Waals surface area contributed by atoms with Crippen LogP contribution in [0.1, 0.15) is 18.9 Å². The van der Waals surface area contributed by atoms with E-state index in [1.165, 1.54) is 9.13 Å². The van der Waals surface area contributed by atoms with Crippen LogP contribution >= 0.6 is 11.6 Å². The molecule has 0 bridgehead atoms. The maximum Gasteiger partial charge on any atom is 0.332 e. The fourth-order valence-corrected chi connectivity index (χ4v) is 3.09. The van der Waals surface area contributed by atoms with Gasteiger partial charge in [0, 0.05) is 24.7 Å². The first kappa shape index (κ1) is 18.2. The molecule has 2 heterocycles. The van der Waals surface area contributed by atoms with Gasteiger partial charge in [-0.3, -0.25) is 23.5 Å². The summed E-state index contributed by atoms with van der Waals surface area (Å²) in [6.45, 7) is 2.19. The van der Waals surface area contributed by atoms with E-state index in [-0.39, 0.29) is 37.3 Å². The molecule has 0 unspecified atom stereocenters. The minimum atomic E-state index is -0.546.